The largest absolute Gasteiger partial charge is 0.355 e. The molecule has 1 heterocycles. The SMILES string of the molecule is Cl.O=C(CCC1CCNC1)NCCSCc1cccc2ccccc12. The lowest BCUT2D eigenvalue weighted by Gasteiger charge is -2.09. The Morgan fingerprint density at radius 2 is 2.04 bits per heavy atom. The molecule has 136 valence electrons. The van der Waals surface area contributed by atoms with E-state index in [1.165, 1.54) is 22.8 Å². The number of benzene rings is 2. The van der Waals surface area contributed by atoms with Gasteiger partial charge in [0.25, 0.3) is 0 Å². The Balaban J connectivity index is 0.00000225. The highest BCUT2D eigenvalue weighted by molar-refractivity contribution is 7.98. The third kappa shape index (κ3) is 6.21. The monoisotopic (exact) mass is 378 g/mol. The molecule has 1 aliphatic rings. The smallest absolute Gasteiger partial charge is 0.220 e. The Morgan fingerprint density at radius 3 is 2.88 bits per heavy atom. The molecule has 0 radical (unpaired) electrons. The van der Waals surface area contributed by atoms with Gasteiger partial charge in [-0.1, -0.05) is 42.5 Å². The Bertz CT molecular complexity index is 668. The van der Waals surface area contributed by atoms with Crippen molar-refractivity contribution in [2.75, 3.05) is 25.4 Å². The highest BCUT2D eigenvalue weighted by Crippen LogP contribution is 2.22. The topological polar surface area (TPSA) is 41.1 Å². The number of thioether (sulfide) groups is 1. The number of nitrogens with one attached hydrogen (secondary N) is 2. The van der Waals surface area contributed by atoms with E-state index in [-0.39, 0.29) is 18.3 Å². The van der Waals surface area contributed by atoms with Gasteiger partial charge in [0.15, 0.2) is 0 Å². The quantitative estimate of drug-likeness (QED) is 0.682. The first kappa shape index (κ1) is 20.1. The van der Waals surface area contributed by atoms with E-state index in [1.54, 1.807) is 0 Å². The summed E-state index contributed by atoms with van der Waals surface area (Å²) in [4.78, 5) is 11.9. The molecule has 0 aliphatic carbocycles. The summed E-state index contributed by atoms with van der Waals surface area (Å²) in [5.74, 6) is 2.84. The molecule has 2 aromatic carbocycles. The van der Waals surface area contributed by atoms with Crippen molar-refractivity contribution >= 4 is 40.8 Å². The average Bonchev–Trinajstić information content (AvgIpc) is 3.13. The Hall–Kier alpha value is -1.23. The van der Waals surface area contributed by atoms with Crippen molar-refractivity contribution in [1.82, 2.24) is 10.6 Å². The first-order chi connectivity index (χ1) is 11.8. The van der Waals surface area contributed by atoms with Gasteiger partial charge in [-0.2, -0.15) is 11.8 Å². The summed E-state index contributed by atoms with van der Waals surface area (Å²) >= 11 is 1.88. The number of carbonyl (C=O) groups is 1. The van der Waals surface area contributed by atoms with Crippen molar-refractivity contribution in [3.8, 4) is 0 Å². The molecule has 1 aliphatic heterocycles. The molecule has 3 rings (SSSR count). The summed E-state index contributed by atoms with van der Waals surface area (Å²) in [5.41, 5.74) is 1.37. The number of amides is 1. The third-order valence-electron chi connectivity index (χ3n) is 4.65. The van der Waals surface area contributed by atoms with E-state index in [9.17, 15) is 4.79 Å². The summed E-state index contributed by atoms with van der Waals surface area (Å²) in [7, 11) is 0. The van der Waals surface area contributed by atoms with Gasteiger partial charge in [-0.3, -0.25) is 4.79 Å². The number of hydrogen-bond acceptors (Lipinski definition) is 3. The number of fused-ring (bicyclic) bond motifs is 1. The Morgan fingerprint density at radius 1 is 1.20 bits per heavy atom. The predicted molar refractivity (Wildman–Crippen MR) is 111 cm³/mol. The van der Waals surface area contributed by atoms with Gasteiger partial charge in [0.05, 0.1) is 0 Å². The van der Waals surface area contributed by atoms with Gasteiger partial charge in [-0.05, 0) is 48.2 Å². The van der Waals surface area contributed by atoms with Crippen LogP contribution in [-0.4, -0.2) is 31.3 Å². The second kappa shape index (κ2) is 10.7. The maximum Gasteiger partial charge on any atom is 0.220 e. The lowest BCUT2D eigenvalue weighted by Crippen LogP contribution is -2.26. The number of carbonyl (C=O) groups excluding carboxylic acids is 1. The molecular formula is C20H27ClN2OS. The van der Waals surface area contributed by atoms with Crippen LogP contribution in [0.3, 0.4) is 0 Å². The summed E-state index contributed by atoms with van der Waals surface area (Å²) in [6, 6.07) is 15.0. The molecule has 0 bridgehead atoms. The van der Waals surface area contributed by atoms with Crippen molar-refractivity contribution in [3.63, 3.8) is 0 Å². The fourth-order valence-corrected chi connectivity index (χ4v) is 4.11. The molecule has 1 saturated heterocycles. The minimum absolute atomic E-state index is 0. The zero-order chi connectivity index (χ0) is 16.6. The average molecular weight is 379 g/mol. The molecule has 0 aromatic heterocycles. The lowest BCUT2D eigenvalue weighted by atomic mass is 10.0. The number of rotatable bonds is 8. The van der Waals surface area contributed by atoms with Crippen LogP contribution in [0.2, 0.25) is 0 Å². The molecule has 0 saturated carbocycles. The normalized spacial score (nSPS) is 16.6. The van der Waals surface area contributed by atoms with Crippen LogP contribution < -0.4 is 10.6 Å². The third-order valence-corrected chi connectivity index (χ3v) is 5.66. The van der Waals surface area contributed by atoms with Crippen molar-refractivity contribution in [1.29, 1.82) is 0 Å². The molecule has 1 amide bonds. The zero-order valence-corrected chi connectivity index (χ0v) is 16.1. The first-order valence-corrected chi connectivity index (χ1v) is 10.0. The molecule has 5 heteroatoms. The molecule has 1 atom stereocenters. The Kier molecular flexibility index (Phi) is 8.59. The highest BCUT2D eigenvalue weighted by atomic mass is 35.5. The zero-order valence-electron chi connectivity index (χ0n) is 14.5. The molecule has 1 fully saturated rings. The molecule has 1 unspecified atom stereocenters. The molecule has 0 spiro atoms. The summed E-state index contributed by atoms with van der Waals surface area (Å²) < 4.78 is 0. The molecule has 25 heavy (non-hydrogen) atoms. The highest BCUT2D eigenvalue weighted by Gasteiger charge is 2.15. The second-order valence-electron chi connectivity index (χ2n) is 6.44. The van der Waals surface area contributed by atoms with Crippen LogP contribution in [0.4, 0.5) is 0 Å². The van der Waals surface area contributed by atoms with Gasteiger partial charge in [0.1, 0.15) is 0 Å². The molecule has 2 N–H and O–H groups in total. The maximum absolute atomic E-state index is 11.9. The van der Waals surface area contributed by atoms with Crippen molar-refractivity contribution in [2.24, 2.45) is 5.92 Å². The molecular weight excluding hydrogens is 352 g/mol. The molecule has 2 aromatic rings. The van der Waals surface area contributed by atoms with Crippen molar-refractivity contribution < 1.29 is 4.79 Å². The minimum Gasteiger partial charge on any atom is -0.355 e. The van der Waals surface area contributed by atoms with E-state index in [0.29, 0.717) is 12.3 Å². The molecule has 3 nitrogen and oxygen atoms in total. The summed E-state index contributed by atoms with van der Waals surface area (Å²) in [6.45, 7) is 2.95. The van der Waals surface area contributed by atoms with Gasteiger partial charge in [0, 0.05) is 24.5 Å². The van der Waals surface area contributed by atoms with Crippen LogP contribution >= 0.6 is 24.2 Å². The van der Waals surface area contributed by atoms with Crippen LogP contribution in [0.25, 0.3) is 10.8 Å². The van der Waals surface area contributed by atoms with Gasteiger partial charge in [-0.15, -0.1) is 12.4 Å². The Labute approximate surface area is 160 Å². The van der Waals surface area contributed by atoms with Gasteiger partial charge in [0.2, 0.25) is 5.91 Å². The van der Waals surface area contributed by atoms with E-state index < -0.39 is 0 Å². The number of hydrogen-bond donors (Lipinski definition) is 2. The van der Waals surface area contributed by atoms with Gasteiger partial charge in [-0.25, -0.2) is 0 Å². The van der Waals surface area contributed by atoms with Crippen LogP contribution in [0.5, 0.6) is 0 Å². The van der Waals surface area contributed by atoms with Crippen LogP contribution in [0.15, 0.2) is 42.5 Å². The summed E-state index contributed by atoms with van der Waals surface area (Å²) in [6.07, 6.45) is 2.90. The van der Waals surface area contributed by atoms with E-state index >= 15 is 0 Å². The van der Waals surface area contributed by atoms with Crippen molar-refractivity contribution in [3.05, 3.63) is 48.0 Å². The van der Waals surface area contributed by atoms with Crippen LogP contribution in [-0.2, 0) is 10.5 Å². The van der Waals surface area contributed by atoms with Crippen LogP contribution in [0.1, 0.15) is 24.8 Å². The van der Waals surface area contributed by atoms with E-state index in [2.05, 4.69) is 53.1 Å². The minimum atomic E-state index is 0. The maximum atomic E-state index is 11.9. The fraction of sp³-hybridized carbons (Fsp3) is 0.450. The van der Waals surface area contributed by atoms with E-state index in [4.69, 9.17) is 0 Å². The second-order valence-corrected chi connectivity index (χ2v) is 7.54. The van der Waals surface area contributed by atoms with Gasteiger partial charge >= 0.3 is 0 Å². The first-order valence-electron chi connectivity index (χ1n) is 8.85. The van der Waals surface area contributed by atoms with Crippen molar-refractivity contribution in [2.45, 2.75) is 25.0 Å². The number of halogens is 1. The lowest BCUT2D eigenvalue weighted by molar-refractivity contribution is -0.121. The standard InChI is InChI=1S/C20H26N2OS.ClH/c23-20(9-8-16-10-11-21-14-16)22-12-13-24-15-18-6-3-5-17-4-1-2-7-19(17)18;/h1-7,16,21H,8-15H2,(H,22,23);1H. The van der Waals surface area contributed by atoms with E-state index in [0.717, 1.165) is 37.6 Å². The predicted octanol–water partition coefficient (Wildman–Crippen LogP) is 4.00. The van der Waals surface area contributed by atoms with E-state index in [1.807, 2.05) is 11.8 Å². The summed E-state index contributed by atoms with van der Waals surface area (Å²) in [5, 5.41) is 9.03. The fourth-order valence-electron chi connectivity index (χ4n) is 3.25. The van der Waals surface area contributed by atoms with Crippen LogP contribution in [0, 0.1) is 5.92 Å². The van der Waals surface area contributed by atoms with Gasteiger partial charge < -0.3 is 10.6 Å².